The Bertz CT molecular complexity index is 1320. The van der Waals surface area contributed by atoms with Gasteiger partial charge >= 0.3 is 0 Å². The van der Waals surface area contributed by atoms with E-state index in [4.69, 9.17) is 4.98 Å². The highest BCUT2D eigenvalue weighted by atomic mass is 16.2. The van der Waals surface area contributed by atoms with Gasteiger partial charge in [0.05, 0.1) is 11.6 Å². The Labute approximate surface area is 231 Å². The van der Waals surface area contributed by atoms with Crippen LogP contribution < -0.4 is 15.4 Å². The van der Waals surface area contributed by atoms with E-state index in [2.05, 4.69) is 58.7 Å². The number of nitrogens with one attached hydrogen (secondary N) is 1. The largest absolute Gasteiger partial charge is 0.369 e. The molecule has 2 saturated heterocycles. The van der Waals surface area contributed by atoms with Crippen LogP contribution in [0.3, 0.4) is 0 Å². The van der Waals surface area contributed by atoms with Gasteiger partial charge in [-0.3, -0.25) is 19.5 Å². The molecular formula is C31H40N6O2. The number of benzene rings is 2. The quantitative estimate of drug-likeness (QED) is 0.506. The minimum absolute atomic E-state index is 0.116. The fourth-order valence-corrected chi connectivity index (χ4v) is 5.64. The first-order valence-corrected chi connectivity index (χ1v) is 14.1. The average Bonchev–Trinajstić information content (AvgIpc) is 2.96. The molecule has 8 heteroatoms. The van der Waals surface area contributed by atoms with Gasteiger partial charge in [-0.25, -0.2) is 4.98 Å². The predicted octanol–water partition coefficient (Wildman–Crippen LogP) is 3.55. The van der Waals surface area contributed by atoms with Gasteiger partial charge in [0.25, 0.3) is 5.56 Å². The van der Waals surface area contributed by atoms with Gasteiger partial charge in [0.1, 0.15) is 0 Å². The lowest BCUT2D eigenvalue weighted by Crippen LogP contribution is -2.50. The van der Waals surface area contributed by atoms with Crippen LogP contribution in [0, 0.1) is 13.8 Å². The Kier molecular flexibility index (Phi) is 8.31. The predicted molar refractivity (Wildman–Crippen MR) is 157 cm³/mol. The summed E-state index contributed by atoms with van der Waals surface area (Å²) in [5.74, 6) is 0.668. The van der Waals surface area contributed by atoms with E-state index in [1.807, 2.05) is 35.2 Å². The average molecular weight is 529 g/mol. The van der Waals surface area contributed by atoms with E-state index < -0.39 is 0 Å². The maximum atomic E-state index is 13.3. The van der Waals surface area contributed by atoms with E-state index in [-0.39, 0.29) is 17.4 Å². The van der Waals surface area contributed by atoms with Crippen molar-refractivity contribution in [2.24, 2.45) is 0 Å². The lowest BCUT2D eigenvalue weighted by atomic mass is 9.95. The fraction of sp³-hybridized carbons (Fsp3) is 0.452. The van der Waals surface area contributed by atoms with Gasteiger partial charge in [-0.1, -0.05) is 43.3 Å². The normalized spacial score (nSPS) is 17.4. The van der Waals surface area contributed by atoms with Crippen molar-refractivity contribution in [3.8, 4) is 0 Å². The summed E-state index contributed by atoms with van der Waals surface area (Å²) in [6.45, 7) is 13.3. The molecular weight excluding hydrogens is 488 g/mol. The molecule has 1 amide bonds. The van der Waals surface area contributed by atoms with Crippen molar-refractivity contribution in [1.82, 2.24) is 19.8 Å². The lowest BCUT2D eigenvalue weighted by Gasteiger charge is -2.37. The van der Waals surface area contributed by atoms with Crippen molar-refractivity contribution in [1.29, 1.82) is 0 Å². The van der Waals surface area contributed by atoms with Crippen LogP contribution in [0.1, 0.15) is 41.6 Å². The number of hydrogen-bond acceptors (Lipinski definition) is 6. The van der Waals surface area contributed by atoms with Crippen molar-refractivity contribution >= 4 is 17.5 Å². The SMILES string of the molecule is CCC(C(=O)N1CCN(c2nc(CN3CCN(c4ccc(C)c(C)c4)CC3)cc(=O)[nH]2)CC1)c1ccccc1. The lowest BCUT2D eigenvalue weighted by molar-refractivity contribution is -0.133. The van der Waals surface area contributed by atoms with Crippen LogP contribution in [0.5, 0.6) is 0 Å². The zero-order chi connectivity index (χ0) is 27.4. The van der Waals surface area contributed by atoms with Crippen molar-refractivity contribution in [2.75, 3.05) is 62.2 Å². The van der Waals surface area contributed by atoms with Gasteiger partial charge in [-0.2, -0.15) is 0 Å². The van der Waals surface area contributed by atoms with Gasteiger partial charge in [0.15, 0.2) is 0 Å². The van der Waals surface area contributed by atoms with Crippen LogP contribution in [0.15, 0.2) is 59.4 Å². The first-order chi connectivity index (χ1) is 18.9. The summed E-state index contributed by atoms with van der Waals surface area (Å²) in [4.78, 5) is 42.4. The summed E-state index contributed by atoms with van der Waals surface area (Å²) < 4.78 is 0. The fourth-order valence-electron chi connectivity index (χ4n) is 5.64. The number of H-pyrrole nitrogens is 1. The molecule has 2 aromatic carbocycles. The number of amides is 1. The topological polar surface area (TPSA) is 75.8 Å². The van der Waals surface area contributed by atoms with E-state index in [1.165, 1.54) is 16.8 Å². The molecule has 0 spiro atoms. The summed E-state index contributed by atoms with van der Waals surface area (Å²) in [7, 11) is 0. The maximum Gasteiger partial charge on any atom is 0.252 e. The number of hydrogen-bond donors (Lipinski definition) is 1. The molecule has 1 N–H and O–H groups in total. The molecule has 1 atom stereocenters. The van der Waals surface area contributed by atoms with Gasteiger partial charge in [-0.05, 0) is 49.1 Å². The van der Waals surface area contributed by atoms with Crippen LogP contribution in [-0.4, -0.2) is 78.0 Å². The Morgan fingerprint density at radius 2 is 1.56 bits per heavy atom. The highest BCUT2D eigenvalue weighted by molar-refractivity contribution is 5.84. The second-order valence-electron chi connectivity index (χ2n) is 10.8. The molecule has 2 fully saturated rings. The molecule has 3 aromatic rings. The highest BCUT2D eigenvalue weighted by Gasteiger charge is 2.28. The smallest absolute Gasteiger partial charge is 0.252 e. The van der Waals surface area contributed by atoms with Gasteiger partial charge in [0, 0.05) is 70.7 Å². The molecule has 0 radical (unpaired) electrons. The Morgan fingerprint density at radius 3 is 2.23 bits per heavy atom. The zero-order valence-electron chi connectivity index (χ0n) is 23.4. The number of anilines is 2. The molecule has 0 saturated carbocycles. The Hall–Kier alpha value is -3.65. The number of piperazine rings is 2. The van der Waals surface area contributed by atoms with Crippen molar-refractivity contribution < 1.29 is 4.79 Å². The second-order valence-corrected chi connectivity index (χ2v) is 10.8. The Balaban J connectivity index is 1.17. The van der Waals surface area contributed by atoms with E-state index >= 15 is 0 Å². The first-order valence-electron chi connectivity index (χ1n) is 14.1. The molecule has 3 heterocycles. The monoisotopic (exact) mass is 528 g/mol. The van der Waals surface area contributed by atoms with Crippen molar-refractivity contribution in [3.05, 3.63) is 87.3 Å². The third-order valence-corrected chi connectivity index (χ3v) is 8.19. The number of aryl methyl sites for hydroxylation is 2. The minimum atomic E-state index is -0.127. The number of carbonyl (C=O) groups is 1. The molecule has 0 bridgehead atoms. The number of rotatable bonds is 7. The third-order valence-electron chi connectivity index (χ3n) is 8.19. The van der Waals surface area contributed by atoms with Crippen molar-refractivity contribution in [2.45, 2.75) is 39.7 Å². The van der Waals surface area contributed by atoms with Crippen molar-refractivity contribution in [3.63, 3.8) is 0 Å². The molecule has 1 unspecified atom stereocenters. The number of nitrogens with zero attached hydrogens (tertiary/aromatic N) is 5. The standard InChI is InChI=1S/C31H40N6O2/c1-4-28(25-8-6-5-7-9-25)30(39)36-16-18-37(19-17-36)31-32-26(21-29(38)33-31)22-34-12-14-35(15-13-34)27-11-10-23(2)24(3)20-27/h5-11,20-21,28H,4,12-19,22H2,1-3H3,(H,32,33,38). The van der Waals surface area contributed by atoms with E-state index in [1.54, 1.807) is 6.07 Å². The zero-order valence-corrected chi connectivity index (χ0v) is 23.4. The van der Waals surface area contributed by atoms with Crippen LogP contribution in [0.2, 0.25) is 0 Å². The third kappa shape index (κ3) is 6.33. The number of carbonyl (C=O) groups excluding carboxylic acids is 1. The summed E-state index contributed by atoms with van der Waals surface area (Å²) in [6, 6.07) is 18.3. The number of aromatic amines is 1. The van der Waals surface area contributed by atoms with Crippen LogP contribution in [-0.2, 0) is 11.3 Å². The highest BCUT2D eigenvalue weighted by Crippen LogP contribution is 2.24. The molecule has 0 aliphatic carbocycles. The minimum Gasteiger partial charge on any atom is -0.369 e. The molecule has 1 aromatic heterocycles. The maximum absolute atomic E-state index is 13.3. The van der Waals surface area contributed by atoms with E-state index in [0.717, 1.165) is 43.9 Å². The van der Waals surface area contributed by atoms with E-state index in [9.17, 15) is 9.59 Å². The second kappa shape index (κ2) is 12.0. The van der Waals surface area contributed by atoms with Crippen LogP contribution in [0.25, 0.3) is 0 Å². The first kappa shape index (κ1) is 26.9. The van der Waals surface area contributed by atoms with E-state index in [0.29, 0.717) is 38.7 Å². The van der Waals surface area contributed by atoms with Crippen LogP contribution in [0.4, 0.5) is 11.6 Å². The molecule has 2 aliphatic heterocycles. The summed E-state index contributed by atoms with van der Waals surface area (Å²) >= 11 is 0. The molecule has 2 aliphatic rings. The summed E-state index contributed by atoms with van der Waals surface area (Å²) in [6.07, 6.45) is 0.777. The Morgan fingerprint density at radius 1 is 0.872 bits per heavy atom. The summed E-state index contributed by atoms with van der Waals surface area (Å²) in [5, 5.41) is 0. The van der Waals surface area contributed by atoms with Gasteiger partial charge in [0.2, 0.25) is 11.9 Å². The molecule has 5 rings (SSSR count). The molecule has 206 valence electrons. The van der Waals surface area contributed by atoms with Gasteiger partial charge in [-0.15, -0.1) is 0 Å². The number of aromatic nitrogens is 2. The molecule has 39 heavy (non-hydrogen) atoms. The summed E-state index contributed by atoms with van der Waals surface area (Å²) in [5.41, 5.74) is 5.65. The van der Waals surface area contributed by atoms with Crippen LogP contribution >= 0.6 is 0 Å². The molecule has 8 nitrogen and oxygen atoms in total. The van der Waals surface area contributed by atoms with Gasteiger partial charge < -0.3 is 14.7 Å².